The molecule has 0 saturated carbocycles. The molecule has 0 unspecified atom stereocenters. The standard InChI is InChI=1S/C18H24O2/c1-4-5-6-7-11-14-18(2,3)20-17(19)15-16-12-9-8-10-13-16/h4-5,8-14H,6-7,15H2,1-3H3/b5-4+,14-11+. The van der Waals surface area contributed by atoms with Gasteiger partial charge in [-0.2, -0.15) is 0 Å². The van der Waals surface area contributed by atoms with Crippen molar-refractivity contribution >= 4 is 5.97 Å². The summed E-state index contributed by atoms with van der Waals surface area (Å²) in [6.07, 6.45) is 10.5. The first kappa shape index (κ1) is 16.2. The van der Waals surface area contributed by atoms with E-state index in [0.29, 0.717) is 6.42 Å². The molecule has 0 N–H and O–H groups in total. The average Bonchev–Trinajstić information content (AvgIpc) is 2.38. The SMILES string of the molecule is C/C=C/CC/C=C/C(C)(C)OC(=O)Cc1ccccc1. The highest BCUT2D eigenvalue weighted by Gasteiger charge is 2.19. The maximum atomic E-state index is 11.9. The van der Waals surface area contributed by atoms with Gasteiger partial charge >= 0.3 is 5.97 Å². The van der Waals surface area contributed by atoms with Crippen molar-refractivity contribution in [1.82, 2.24) is 0 Å². The third-order valence-electron chi connectivity index (χ3n) is 2.82. The van der Waals surface area contributed by atoms with Crippen molar-refractivity contribution in [1.29, 1.82) is 0 Å². The van der Waals surface area contributed by atoms with Crippen LogP contribution in [-0.4, -0.2) is 11.6 Å². The molecular formula is C18H24O2. The Balaban J connectivity index is 2.42. The fourth-order valence-corrected chi connectivity index (χ4v) is 1.85. The molecule has 2 heteroatoms. The Morgan fingerprint density at radius 1 is 1.15 bits per heavy atom. The molecule has 2 nitrogen and oxygen atoms in total. The van der Waals surface area contributed by atoms with Crippen LogP contribution in [0.4, 0.5) is 0 Å². The number of hydrogen-bond acceptors (Lipinski definition) is 2. The van der Waals surface area contributed by atoms with Crippen molar-refractivity contribution in [2.24, 2.45) is 0 Å². The van der Waals surface area contributed by atoms with Crippen molar-refractivity contribution in [2.45, 2.75) is 45.6 Å². The highest BCUT2D eigenvalue weighted by molar-refractivity contribution is 5.73. The molecule has 0 bridgehead atoms. The van der Waals surface area contributed by atoms with Crippen LogP contribution in [0.3, 0.4) is 0 Å². The van der Waals surface area contributed by atoms with E-state index in [0.717, 1.165) is 18.4 Å². The maximum Gasteiger partial charge on any atom is 0.311 e. The second-order valence-electron chi connectivity index (χ2n) is 5.29. The lowest BCUT2D eigenvalue weighted by Gasteiger charge is -2.21. The lowest BCUT2D eigenvalue weighted by Crippen LogP contribution is -2.26. The van der Waals surface area contributed by atoms with E-state index in [1.165, 1.54) is 0 Å². The van der Waals surface area contributed by atoms with Crippen LogP contribution in [0.2, 0.25) is 0 Å². The molecule has 0 aliphatic carbocycles. The van der Waals surface area contributed by atoms with Gasteiger partial charge in [0.1, 0.15) is 5.60 Å². The number of carbonyl (C=O) groups is 1. The van der Waals surface area contributed by atoms with Crippen LogP contribution >= 0.6 is 0 Å². The smallest absolute Gasteiger partial charge is 0.311 e. The number of ether oxygens (including phenoxy) is 1. The minimum absolute atomic E-state index is 0.195. The van der Waals surface area contributed by atoms with E-state index < -0.39 is 5.60 Å². The zero-order valence-corrected chi connectivity index (χ0v) is 12.6. The van der Waals surface area contributed by atoms with E-state index in [1.807, 2.05) is 63.3 Å². The van der Waals surface area contributed by atoms with Gasteiger partial charge in [-0.05, 0) is 45.3 Å². The molecule has 1 rings (SSSR count). The third-order valence-corrected chi connectivity index (χ3v) is 2.82. The lowest BCUT2D eigenvalue weighted by atomic mass is 10.1. The van der Waals surface area contributed by atoms with E-state index in [9.17, 15) is 4.79 Å². The van der Waals surface area contributed by atoms with Crippen LogP contribution in [0.1, 0.15) is 39.2 Å². The van der Waals surface area contributed by atoms with Crippen molar-refractivity contribution < 1.29 is 9.53 Å². The van der Waals surface area contributed by atoms with E-state index in [-0.39, 0.29) is 5.97 Å². The van der Waals surface area contributed by atoms with E-state index in [4.69, 9.17) is 4.74 Å². The molecule has 0 atom stereocenters. The predicted octanol–water partition coefficient (Wildman–Crippen LogP) is 4.46. The van der Waals surface area contributed by atoms with Crippen LogP contribution in [0.5, 0.6) is 0 Å². The minimum atomic E-state index is -0.554. The van der Waals surface area contributed by atoms with Gasteiger partial charge in [0, 0.05) is 0 Å². The molecule has 0 saturated heterocycles. The van der Waals surface area contributed by atoms with Crippen LogP contribution < -0.4 is 0 Å². The molecular weight excluding hydrogens is 248 g/mol. The number of carbonyl (C=O) groups excluding carboxylic acids is 1. The fraction of sp³-hybridized carbons (Fsp3) is 0.389. The maximum absolute atomic E-state index is 11.9. The van der Waals surface area contributed by atoms with Crippen LogP contribution in [-0.2, 0) is 16.0 Å². The predicted molar refractivity (Wildman–Crippen MR) is 83.5 cm³/mol. The number of esters is 1. The summed E-state index contributed by atoms with van der Waals surface area (Å²) in [7, 11) is 0. The Bertz CT molecular complexity index is 456. The Hall–Kier alpha value is -1.83. The summed E-state index contributed by atoms with van der Waals surface area (Å²) in [4.78, 5) is 11.9. The topological polar surface area (TPSA) is 26.3 Å². The molecule has 1 aromatic rings. The van der Waals surface area contributed by atoms with Crippen molar-refractivity contribution in [3.63, 3.8) is 0 Å². The van der Waals surface area contributed by atoms with Crippen LogP contribution in [0.25, 0.3) is 0 Å². The molecule has 0 aromatic heterocycles. The number of rotatable bonds is 7. The Labute approximate surface area is 122 Å². The summed E-state index contributed by atoms with van der Waals surface area (Å²) in [5, 5.41) is 0. The second kappa shape index (κ2) is 8.36. The van der Waals surface area contributed by atoms with Crippen molar-refractivity contribution in [2.75, 3.05) is 0 Å². The number of benzene rings is 1. The van der Waals surface area contributed by atoms with E-state index >= 15 is 0 Å². The Morgan fingerprint density at radius 2 is 1.80 bits per heavy atom. The Kier molecular flexibility index (Phi) is 6.78. The molecule has 20 heavy (non-hydrogen) atoms. The first-order valence-electron chi connectivity index (χ1n) is 7.08. The lowest BCUT2D eigenvalue weighted by molar-refractivity contribution is -0.151. The van der Waals surface area contributed by atoms with Gasteiger partial charge in [0.2, 0.25) is 0 Å². The van der Waals surface area contributed by atoms with Gasteiger partial charge in [-0.15, -0.1) is 0 Å². The zero-order chi connectivity index (χ0) is 14.8. The normalized spacial score (nSPS) is 12.2. The molecule has 0 fully saturated rings. The van der Waals surface area contributed by atoms with Crippen molar-refractivity contribution in [3.8, 4) is 0 Å². The zero-order valence-electron chi connectivity index (χ0n) is 12.6. The molecule has 0 heterocycles. The third kappa shape index (κ3) is 6.93. The van der Waals surface area contributed by atoms with E-state index in [1.54, 1.807) is 0 Å². The van der Waals surface area contributed by atoms with Crippen molar-refractivity contribution in [3.05, 3.63) is 60.2 Å². The summed E-state index contributed by atoms with van der Waals surface area (Å²) in [5.74, 6) is -0.195. The van der Waals surface area contributed by atoms with Gasteiger partial charge in [0.15, 0.2) is 0 Å². The minimum Gasteiger partial charge on any atom is -0.455 e. The summed E-state index contributed by atoms with van der Waals surface area (Å²) in [6, 6.07) is 9.65. The molecule has 1 aromatic carbocycles. The van der Waals surface area contributed by atoms with Gasteiger partial charge in [-0.25, -0.2) is 0 Å². The highest BCUT2D eigenvalue weighted by atomic mass is 16.6. The van der Waals surface area contributed by atoms with E-state index in [2.05, 4.69) is 12.2 Å². The summed E-state index contributed by atoms with van der Waals surface area (Å²) in [5.41, 5.74) is 0.423. The van der Waals surface area contributed by atoms with Gasteiger partial charge in [0.25, 0.3) is 0 Å². The van der Waals surface area contributed by atoms with Gasteiger partial charge in [0.05, 0.1) is 6.42 Å². The highest BCUT2D eigenvalue weighted by Crippen LogP contribution is 2.14. The monoisotopic (exact) mass is 272 g/mol. The fourth-order valence-electron chi connectivity index (χ4n) is 1.85. The molecule has 0 amide bonds. The molecule has 0 spiro atoms. The molecule has 0 radical (unpaired) electrons. The summed E-state index contributed by atoms with van der Waals surface area (Å²) >= 11 is 0. The average molecular weight is 272 g/mol. The van der Waals surface area contributed by atoms with Crippen LogP contribution in [0, 0.1) is 0 Å². The summed E-state index contributed by atoms with van der Waals surface area (Å²) in [6.45, 7) is 5.82. The second-order valence-corrected chi connectivity index (χ2v) is 5.29. The van der Waals surface area contributed by atoms with Gasteiger partial charge in [-0.1, -0.05) is 48.6 Å². The Morgan fingerprint density at radius 3 is 2.45 bits per heavy atom. The summed E-state index contributed by atoms with van der Waals surface area (Å²) < 4.78 is 5.50. The number of unbranched alkanes of at least 4 members (excludes halogenated alkanes) is 1. The quantitative estimate of drug-likeness (QED) is 0.416. The number of allylic oxidation sites excluding steroid dienone is 3. The van der Waals surface area contributed by atoms with Gasteiger partial charge in [-0.3, -0.25) is 4.79 Å². The molecule has 0 aliphatic rings. The van der Waals surface area contributed by atoms with Crippen LogP contribution in [0.15, 0.2) is 54.6 Å². The first-order valence-corrected chi connectivity index (χ1v) is 7.08. The molecule has 108 valence electrons. The first-order chi connectivity index (χ1) is 9.53. The van der Waals surface area contributed by atoms with Gasteiger partial charge < -0.3 is 4.74 Å². The number of hydrogen-bond donors (Lipinski definition) is 0. The molecule has 0 aliphatic heterocycles. The largest absolute Gasteiger partial charge is 0.455 e.